The lowest BCUT2D eigenvalue weighted by Crippen LogP contribution is -2.37. The molecule has 4 heteroatoms. The molecule has 0 amide bonds. The van der Waals surface area contributed by atoms with E-state index in [0.29, 0.717) is 31.3 Å². The van der Waals surface area contributed by atoms with Crippen molar-refractivity contribution in [2.75, 3.05) is 6.54 Å². The Hall–Kier alpha value is -4.90. The number of nitrogens with zero attached hydrogens (tertiary/aromatic N) is 1. The largest absolute Gasteiger partial charge is 0.489 e. The Morgan fingerprint density at radius 3 is 1.72 bits per heavy atom. The van der Waals surface area contributed by atoms with E-state index in [-0.39, 0.29) is 6.04 Å². The van der Waals surface area contributed by atoms with E-state index in [4.69, 9.17) is 9.47 Å². The van der Waals surface area contributed by atoms with E-state index in [1.807, 2.05) is 84.9 Å². The fourth-order valence-corrected chi connectivity index (χ4v) is 5.90. The molecule has 6 aromatic rings. The summed E-state index contributed by atoms with van der Waals surface area (Å²) < 4.78 is 12.5. The molecule has 6 aromatic carbocycles. The predicted octanol–water partition coefficient (Wildman–Crippen LogP) is 9.16. The van der Waals surface area contributed by atoms with Crippen molar-refractivity contribution in [3.8, 4) is 11.5 Å². The standard InChI is InChI=1S/C42H41NO3/c1-32(24-37-22-13-21-36-20-11-12-23-41(36)37)43(28-33-14-5-2-6-15-33)29-42(44)38-25-39(45-30-34-16-7-3-8-17-34)27-40(26-38)46-31-35-18-9-4-10-19-35/h2-23,25-27,32,42,44H,24,28-31H2,1H3/t32-,42-/m0/s1. The molecule has 0 heterocycles. The molecule has 2 atom stereocenters. The highest BCUT2D eigenvalue weighted by molar-refractivity contribution is 5.85. The maximum Gasteiger partial charge on any atom is 0.123 e. The fraction of sp³-hybridized carbons (Fsp3) is 0.190. The Kier molecular flexibility index (Phi) is 10.4. The van der Waals surface area contributed by atoms with Gasteiger partial charge in [-0.1, -0.05) is 133 Å². The SMILES string of the molecule is C[C@@H](Cc1cccc2ccccc12)N(Cc1ccccc1)C[C@H](O)c1cc(OCc2ccccc2)cc(OCc2ccccc2)c1. The van der Waals surface area contributed by atoms with Crippen molar-refractivity contribution in [2.24, 2.45) is 0 Å². The van der Waals surface area contributed by atoms with Crippen molar-refractivity contribution in [3.05, 3.63) is 179 Å². The van der Waals surface area contributed by atoms with Gasteiger partial charge in [-0.3, -0.25) is 4.90 Å². The molecule has 46 heavy (non-hydrogen) atoms. The monoisotopic (exact) mass is 607 g/mol. The summed E-state index contributed by atoms with van der Waals surface area (Å²) in [5.74, 6) is 1.34. The molecular formula is C42H41NO3. The van der Waals surface area contributed by atoms with Gasteiger partial charge in [0.2, 0.25) is 0 Å². The number of hydrogen-bond donors (Lipinski definition) is 1. The zero-order valence-electron chi connectivity index (χ0n) is 26.3. The summed E-state index contributed by atoms with van der Waals surface area (Å²) in [6, 6.07) is 51.8. The number of fused-ring (bicyclic) bond motifs is 1. The number of aliphatic hydroxyl groups excluding tert-OH is 1. The fourth-order valence-electron chi connectivity index (χ4n) is 5.90. The summed E-state index contributed by atoms with van der Waals surface area (Å²) in [7, 11) is 0. The van der Waals surface area contributed by atoms with Crippen LogP contribution in [0.5, 0.6) is 11.5 Å². The van der Waals surface area contributed by atoms with Gasteiger partial charge in [-0.25, -0.2) is 0 Å². The molecule has 0 saturated carbocycles. The Balaban J connectivity index is 1.25. The third kappa shape index (κ3) is 8.42. The topological polar surface area (TPSA) is 41.9 Å². The van der Waals surface area contributed by atoms with Crippen LogP contribution in [-0.4, -0.2) is 22.6 Å². The van der Waals surface area contributed by atoms with Gasteiger partial charge in [0, 0.05) is 25.2 Å². The first-order valence-electron chi connectivity index (χ1n) is 16.0. The summed E-state index contributed by atoms with van der Waals surface area (Å²) >= 11 is 0. The predicted molar refractivity (Wildman–Crippen MR) is 187 cm³/mol. The Morgan fingerprint density at radius 2 is 1.11 bits per heavy atom. The summed E-state index contributed by atoms with van der Waals surface area (Å²) in [4.78, 5) is 2.38. The molecule has 232 valence electrons. The van der Waals surface area contributed by atoms with Gasteiger partial charge in [0.1, 0.15) is 24.7 Å². The quantitative estimate of drug-likeness (QED) is 0.134. The Bertz CT molecular complexity index is 1740. The molecule has 4 nitrogen and oxygen atoms in total. The van der Waals surface area contributed by atoms with Crippen LogP contribution in [0.1, 0.15) is 40.8 Å². The number of benzene rings is 6. The second-order valence-electron chi connectivity index (χ2n) is 11.9. The zero-order valence-corrected chi connectivity index (χ0v) is 26.3. The van der Waals surface area contributed by atoms with Crippen molar-refractivity contribution in [2.45, 2.75) is 45.2 Å². The van der Waals surface area contributed by atoms with Gasteiger partial charge in [0.05, 0.1) is 6.10 Å². The van der Waals surface area contributed by atoms with Crippen molar-refractivity contribution < 1.29 is 14.6 Å². The molecule has 0 unspecified atom stereocenters. The maximum atomic E-state index is 11.8. The normalized spacial score (nSPS) is 12.6. The van der Waals surface area contributed by atoms with Crippen LogP contribution in [0, 0.1) is 0 Å². The molecule has 6 rings (SSSR count). The number of rotatable bonds is 14. The van der Waals surface area contributed by atoms with E-state index in [2.05, 4.69) is 78.6 Å². The first-order valence-corrected chi connectivity index (χ1v) is 16.0. The summed E-state index contributed by atoms with van der Waals surface area (Å²) in [6.07, 6.45) is 0.116. The Labute approximate surface area is 272 Å². The van der Waals surface area contributed by atoms with E-state index in [0.717, 1.165) is 29.7 Å². The van der Waals surface area contributed by atoms with Crippen LogP contribution < -0.4 is 9.47 Å². The second-order valence-corrected chi connectivity index (χ2v) is 11.9. The van der Waals surface area contributed by atoms with Crippen LogP contribution in [0.3, 0.4) is 0 Å². The molecule has 0 spiro atoms. The van der Waals surface area contributed by atoms with Gasteiger partial charge < -0.3 is 14.6 Å². The first kappa shape index (κ1) is 31.1. The van der Waals surface area contributed by atoms with Gasteiger partial charge in [-0.05, 0) is 64.1 Å². The third-order valence-electron chi connectivity index (χ3n) is 8.44. The molecule has 0 aromatic heterocycles. The van der Waals surface area contributed by atoms with Gasteiger partial charge in [-0.2, -0.15) is 0 Å². The molecule has 0 radical (unpaired) electrons. The highest BCUT2D eigenvalue weighted by atomic mass is 16.5. The van der Waals surface area contributed by atoms with Crippen LogP contribution in [0.4, 0.5) is 0 Å². The summed E-state index contributed by atoms with van der Waals surface area (Å²) in [5, 5.41) is 14.3. The van der Waals surface area contributed by atoms with Crippen molar-refractivity contribution in [3.63, 3.8) is 0 Å². The average molecular weight is 608 g/mol. The minimum Gasteiger partial charge on any atom is -0.489 e. The van der Waals surface area contributed by atoms with Crippen LogP contribution in [0.25, 0.3) is 10.8 Å². The second kappa shape index (κ2) is 15.4. The lowest BCUT2D eigenvalue weighted by atomic mass is 9.98. The van der Waals surface area contributed by atoms with Gasteiger partial charge in [-0.15, -0.1) is 0 Å². The molecule has 0 saturated heterocycles. The lowest BCUT2D eigenvalue weighted by Gasteiger charge is -2.32. The van der Waals surface area contributed by atoms with E-state index in [1.54, 1.807) is 0 Å². The number of aliphatic hydroxyl groups is 1. The molecule has 0 aliphatic carbocycles. The van der Waals surface area contributed by atoms with E-state index < -0.39 is 6.10 Å². The number of hydrogen-bond acceptors (Lipinski definition) is 4. The van der Waals surface area contributed by atoms with Crippen LogP contribution in [0.15, 0.2) is 152 Å². The minimum atomic E-state index is -0.752. The van der Waals surface area contributed by atoms with Gasteiger partial charge >= 0.3 is 0 Å². The van der Waals surface area contributed by atoms with Crippen molar-refractivity contribution in [1.82, 2.24) is 4.90 Å². The Morgan fingerprint density at radius 1 is 0.587 bits per heavy atom. The van der Waals surface area contributed by atoms with E-state index in [1.165, 1.54) is 21.9 Å². The van der Waals surface area contributed by atoms with E-state index >= 15 is 0 Å². The lowest BCUT2D eigenvalue weighted by molar-refractivity contribution is 0.0855. The molecule has 0 aliphatic heterocycles. The maximum absolute atomic E-state index is 11.8. The smallest absolute Gasteiger partial charge is 0.123 e. The third-order valence-corrected chi connectivity index (χ3v) is 8.44. The van der Waals surface area contributed by atoms with Crippen LogP contribution >= 0.6 is 0 Å². The summed E-state index contributed by atoms with van der Waals surface area (Å²) in [6.45, 7) is 4.30. The highest BCUT2D eigenvalue weighted by Crippen LogP contribution is 2.30. The summed E-state index contributed by atoms with van der Waals surface area (Å²) in [5.41, 5.74) is 5.45. The minimum absolute atomic E-state index is 0.173. The van der Waals surface area contributed by atoms with Crippen molar-refractivity contribution in [1.29, 1.82) is 0 Å². The first-order chi connectivity index (χ1) is 22.6. The van der Waals surface area contributed by atoms with Crippen LogP contribution in [-0.2, 0) is 26.2 Å². The van der Waals surface area contributed by atoms with E-state index in [9.17, 15) is 5.11 Å². The molecular weight excluding hydrogens is 566 g/mol. The zero-order chi connectivity index (χ0) is 31.6. The highest BCUT2D eigenvalue weighted by Gasteiger charge is 2.22. The average Bonchev–Trinajstić information content (AvgIpc) is 3.11. The van der Waals surface area contributed by atoms with Crippen LogP contribution in [0.2, 0.25) is 0 Å². The molecule has 1 N–H and O–H groups in total. The van der Waals surface area contributed by atoms with Crippen molar-refractivity contribution >= 4 is 10.8 Å². The molecule has 0 bridgehead atoms. The molecule has 0 fully saturated rings. The number of ether oxygens (including phenoxy) is 2. The molecule has 0 aliphatic rings. The van der Waals surface area contributed by atoms with Gasteiger partial charge in [0.25, 0.3) is 0 Å². The van der Waals surface area contributed by atoms with Gasteiger partial charge in [0.15, 0.2) is 0 Å².